The molecule has 1 heterocycles. The van der Waals surface area contributed by atoms with Crippen LogP contribution in [0.4, 0.5) is 5.69 Å². The van der Waals surface area contributed by atoms with Crippen LogP contribution in [0.2, 0.25) is 0 Å². The first kappa shape index (κ1) is 18.2. The van der Waals surface area contributed by atoms with Crippen molar-refractivity contribution in [1.82, 2.24) is 15.1 Å². The Hall–Kier alpha value is -3.55. The molecule has 1 aromatic heterocycles. The standard InChI is InChI=1S/C19H18N4O4/c1-3-22-19(25)16-10-5-4-9-15(16)17(21-22)18(24)20-12(2)13-7-6-8-14(11-13)23(26)27/h4-12H,3H2,1-2H3,(H,20,24). The second-order valence-corrected chi connectivity index (χ2v) is 6.06. The Morgan fingerprint density at radius 1 is 1.22 bits per heavy atom. The Morgan fingerprint density at radius 2 is 1.93 bits per heavy atom. The minimum Gasteiger partial charge on any atom is -0.344 e. The van der Waals surface area contributed by atoms with Gasteiger partial charge in [0.2, 0.25) is 0 Å². The fraction of sp³-hybridized carbons (Fsp3) is 0.211. The van der Waals surface area contributed by atoms with Gasteiger partial charge in [0.05, 0.1) is 16.4 Å². The number of nitro benzene ring substituents is 1. The van der Waals surface area contributed by atoms with Crippen LogP contribution in [0.5, 0.6) is 0 Å². The van der Waals surface area contributed by atoms with Crippen molar-refractivity contribution in [2.24, 2.45) is 0 Å². The number of nitrogens with one attached hydrogen (secondary N) is 1. The van der Waals surface area contributed by atoms with Gasteiger partial charge in [0.25, 0.3) is 17.2 Å². The summed E-state index contributed by atoms with van der Waals surface area (Å²) in [7, 11) is 0. The number of hydrogen-bond donors (Lipinski definition) is 1. The lowest BCUT2D eigenvalue weighted by molar-refractivity contribution is -0.384. The van der Waals surface area contributed by atoms with Crippen molar-refractivity contribution in [3.63, 3.8) is 0 Å². The fourth-order valence-corrected chi connectivity index (χ4v) is 2.87. The molecule has 3 rings (SSSR count). The number of benzene rings is 2. The molecule has 0 aliphatic heterocycles. The maximum absolute atomic E-state index is 12.8. The van der Waals surface area contributed by atoms with E-state index < -0.39 is 16.9 Å². The van der Waals surface area contributed by atoms with Crippen LogP contribution in [-0.4, -0.2) is 20.6 Å². The van der Waals surface area contributed by atoms with Gasteiger partial charge in [-0.1, -0.05) is 30.3 Å². The molecular weight excluding hydrogens is 348 g/mol. The molecule has 3 aromatic rings. The second kappa shape index (κ2) is 7.36. The van der Waals surface area contributed by atoms with E-state index in [2.05, 4.69) is 10.4 Å². The van der Waals surface area contributed by atoms with Gasteiger partial charge in [0.15, 0.2) is 5.69 Å². The van der Waals surface area contributed by atoms with Crippen LogP contribution in [0.15, 0.2) is 53.3 Å². The Labute approximate surface area is 154 Å². The Bertz CT molecular complexity index is 1090. The molecule has 0 saturated carbocycles. The lowest BCUT2D eigenvalue weighted by Crippen LogP contribution is -2.31. The van der Waals surface area contributed by atoms with Crippen molar-refractivity contribution < 1.29 is 9.72 Å². The van der Waals surface area contributed by atoms with Crippen LogP contribution in [0.3, 0.4) is 0 Å². The third kappa shape index (κ3) is 3.55. The van der Waals surface area contributed by atoms with Crippen LogP contribution >= 0.6 is 0 Å². The number of rotatable bonds is 5. The molecule has 138 valence electrons. The smallest absolute Gasteiger partial charge is 0.274 e. The van der Waals surface area contributed by atoms with Crippen molar-refractivity contribution in [3.8, 4) is 0 Å². The average molecular weight is 366 g/mol. The van der Waals surface area contributed by atoms with Gasteiger partial charge in [-0.2, -0.15) is 5.10 Å². The molecule has 2 aromatic carbocycles. The number of hydrogen-bond acceptors (Lipinski definition) is 5. The van der Waals surface area contributed by atoms with Crippen LogP contribution in [-0.2, 0) is 6.54 Å². The molecule has 0 spiro atoms. The van der Waals surface area contributed by atoms with Gasteiger partial charge in [-0.05, 0) is 25.5 Å². The molecule has 0 aliphatic rings. The highest BCUT2D eigenvalue weighted by molar-refractivity contribution is 6.04. The summed E-state index contributed by atoms with van der Waals surface area (Å²) in [5, 5.41) is 18.8. The van der Waals surface area contributed by atoms with Crippen LogP contribution in [0.25, 0.3) is 10.8 Å². The van der Waals surface area contributed by atoms with E-state index in [9.17, 15) is 19.7 Å². The predicted octanol–water partition coefficient (Wildman–Crippen LogP) is 2.82. The first-order valence-corrected chi connectivity index (χ1v) is 8.47. The summed E-state index contributed by atoms with van der Waals surface area (Å²) < 4.78 is 1.25. The summed E-state index contributed by atoms with van der Waals surface area (Å²) in [6, 6.07) is 12.4. The number of aryl methyl sites for hydroxylation is 1. The molecule has 0 aliphatic carbocycles. The van der Waals surface area contributed by atoms with E-state index in [1.807, 2.05) is 0 Å². The van der Waals surface area contributed by atoms with Gasteiger partial charge in [0, 0.05) is 24.1 Å². The summed E-state index contributed by atoms with van der Waals surface area (Å²) in [6.07, 6.45) is 0. The molecule has 0 radical (unpaired) electrons. The van der Waals surface area contributed by atoms with Crippen molar-refractivity contribution in [2.45, 2.75) is 26.4 Å². The van der Waals surface area contributed by atoms with Gasteiger partial charge in [-0.3, -0.25) is 19.7 Å². The number of nitrogens with zero attached hydrogens (tertiary/aromatic N) is 3. The Balaban J connectivity index is 1.97. The first-order chi connectivity index (χ1) is 12.9. The molecule has 1 N–H and O–H groups in total. The average Bonchev–Trinajstić information content (AvgIpc) is 2.68. The zero-order chi connectivity index (χ0) is 19.6. The molecule has 1 unspecified atom stereocenters. The highest BCUT2D eigenvalue weighted by Gasteiger charge is 2.19. The van der Waals surface area contributed by atoms with Gasteiger partial charge in [-0.25, -0.2) is 4.68 Å². The highest BCUT2D eigenvalue weighted by Crippen LogP contribution is 2.20. The number of non-ortho nitro benzene ring substituents is 1. The number of fused-ring (bicyclic) bond motifs is 1. The molecule has 1 atom stereocenters. The van der Waals surface area contributed by atoms with E-state index in [4.69, 9.17) is 0 Å². The molecule has 0 bridgehead atoms. The minimum atomic E-state index is -0.482. The maximum atomic E-state index is 12.8. The molecule has 1 amide bonds. The lowest BCUT2D eigenvalue weighted by Gasteiger charge is -2.15. The fourth-order valence-electron chi connectivity index (χ4n) is 2.87. The zero-order valence-corrected chi connectivity index (χ0v) is 14.9. The van der Waals surface area contributed by atoms with Gasteiger partial charge in [0.1, 0.15) is 0 Å². The normalized spacial score (nSPS) is 11.9. The summed E-state index contributed by atoms with van der Waals surface area (Å²) in [5.41, 5.74) is 0.447. The summed E-state index contributed by atoms with van der Waals surface area (Å²) in [4.78, 5) is 35.7. The molecule has 8 nitrogen and oxygen atoms in total. The van der Waals surface area contributed by atoms with E-state index in [1.165, 1.54) is 16.8 Å². The number of carbonyl (C=O) groups is 1. The summed E-state index contributed by atoms with van der Waals surface area (Å²) in [6.45, 7) is 3.84. The number of nitro groups is 1. The highest BCUT2D eigenvalue weighted by atomic mass is 16.6. The largest absolute Gasteiger partial charge is 0.344 e. The predicted molar refractivity (Wildman–Crippen MR) is 101 cm³/mol. The zero-order valence-electron chi connectivity index (χ0n) is 14.9. The van der Waals surface area contributed by atoms with E-state index in [0.29, 0.717) is 22.9 Å². The van der Waals surface area contributed by atoms with Gasteiger partial charge in [-0.15, -0.1) is 0 Å². The van der Waals surface area contributed by atoms with E-state index in [-0.39, 0.29) is 16.9 Å². The topological polar surface area (TPSA) is 107 Å². The monoisotopic (exact) mass is 366 g/mol. The Kier molecular flexibility index (Phi) is 4.98. The quantitative estimate of drug-likeness (QED) is 0.552. The van der Waals surface area contributed by atoms with Crippen molar-refractivity contribution in [1.29, 1.82) is 0 Å². The van der Waals surface area contributed by atoms with Crippen molar-refractivity contribution in [3.05, 3.63) is 80.3 Å². The first-order valence-electron chi connectivity index (χ1n) is 8.47. The summed E-state index contributed by atoms with van der Waals surface area (Å²) >= 11 is 0. The number of aromatic nitrogens is 2. The molecule has 0 saturated heterocycles. The van der Waals surface area contributed by atoms with E-state index >= 15 is 0 Å². The minimum absolute atomic E-state index is 0.0447. The third-order valence-electron chi connectivity index (χ3n) is 4.31. The van der Waals surface area contributed by atoms with Crippen molar-refractivity contribution >= 4 is 22.4 Å². The number of amides is 1. The van der Waals surface area contributed by atoms with Crippen LogP contribution < -0.4 is 10.9 Å². The third-order valence-corrected chi connectivity index (χ3v) is 4.31. The van der Waals surface area contributed by atoms with Crippen LogP contribution in [0.1, 0.15) is 35.9 Å². The van der Waals surface area contributed by atoms with E-state index in [0.717, 1.165) is 0 Å². The molecular formula is C19H18N4O4. The van der Waals surface area contributed by atoms with E-state index in [1.54, 1.807) is 50.2 Å². The number of carbonyl (C=O) groups excluding carboxylic acids is 1. The van der Waals surface area contributed by atoms with Crippen LogP contribution in [0, 0.1) is 10.1 Å². The van der Waals surface area contributed by atoms with Crippen molar-refractivity contribution in [2.75, 3.05) is 0 Å². The maximum Gasteiger partial charge on any atom is 0.274 e. The second-order valence-electron chi connectivity index (χ2n) is 6.06. The summed E-state index contributed by atoms with van der Waals surface area (Å²) in [5.74, 6) is -0.451. The van der Waals surface area contributed by atoms with Gasteiger partial charge >= 0.3 is 0 Å². The molecule has 27 heavy (non-hydrogen) atoms. The van der Waals surface area contributed by atoms with Gasteiger partial charge < -0.3 is 5.32 Å². The molecule has 0 fully saturated rings. The SMILES string of the molecule is CCn1nc(C(=O)NC(C)c2cccc([N+](=O)[O-])c2)c2ccccc2c1=O. The molecule has 8 heteroatoms. The lowest BCUT2D eigenvalue weighted by atomic mass is 10.1. The Morgan fingerprint density at radius 3 is 2.59 bits per heavy atom.